The van der Waals surface area contributed by atoms with Crippen LogP contribution in [0.5, 0.6) is 0 Å². The fourth-order valence-electron chi connectivity index (χ4n) is 2.13. The average Bonchev–Trinajstić information content (AvgIpc) is 2.52. The number of rotatable bonds is 2. The van der Waals surface area contributed by atoms with Crippen LogP contribution in [-0.4, -0.2) is 24.0 Å². The fourth-order valence-corrected chi connectivity index (χ4v) is 2.13. The number of anilines is 1. The third-order valence-electron chi connectivity index (χ3n) is 3.00. The minimum atomic E-state index is -0.286. The molecule has 1 heterocycles. The van der Waals surface area contributed by atoms with E-state index >= 15 is 0 Å². The molecule has 0 bridgehead atoms. The number of benzene rings is 1. The molecule has 1 aromatic rings. The summed E-state index contributed by atoms with van der Waals surface area (Å²) in [7, 11) is 0. The van der Waals surface area contributed by atoms with Crippen LogP contribution < -0.4 is 5.01 Å². The number of nitrogens with zero attached hydrogens (tertiary/aromatic N) is 2. The molecule has 1 fully saturated rings. The van der Waals surface area contributed by atoms with Gasteiger partial charge in [-0.1, -0.05) is 18.2 Å². The summed E-state index contributed by atoms with van der Waals surface area (Å²) in [5.74, 6) is 0.207. The number of hydrazine groups is 1. The first-order chi connectivity index (χ1) is 7.56. The Kier molecular flexibility index (Phi) is 2.62. The molecule has 0 spiro atoms. The van der Waals surface area contributed by atoms with Crippen molar-refractivity contribution < 1.29 is 4.79 Å². The van der Waals surface area contributed by atoms with Gasteiger partial charge in [0.2, 0.25) is 5.91 Å². The van der Waals surface area contributed by atoms with Gasteiger partial charge >= 0.3 is 0 Å². The van der Waals surface area contributed by atoms with Crippen molar-refractivity contribution in [3.8, 4) is 0 Å². The Bertz CT molecular complexity index is 386. The van der Waals surface area contributed by atoms with E-state index in [1.165, 1.54) is 0 Å². The first-order valence-electron chi connectivity index (χ1n) is 5.71. The van der Waals surface area contributed by atoms with E-state index in [-0.39, 0.29) is 11.3 Å². The van der Waals surface area contributed by atoms with Crippen LogP contribution in [-0.2, 0) is 4.79 Å². The maximum absolute atomic E-state index is 12.1. The summed E-state index contributed by atoms with van der Waals surface area (Å²) in [4.78, 5) is 12.1. The van der Waals surface area contributed by atoms with E-state index in [1.54, 1.807) is 0 Å². The highest BCUT2D eigenvalue weighted by Crippen LogP contribution is 2.32. The zero-order valence-electron chi connectivity index (χ0n) is 10.1. The molecule has 3 nitrogen and oxygen atoms in total. The summed E-state index contributed by atoms with van der Waals surface area (Å²) in [6.07, 6.45) is 0. The van der Waals surface area contributed by atoms with Crippen molar-refractivity contribution in [3.63, 3.8) is 0 Å². The van der Waals surface area contributed by atoms with E-state index in [2.05, 4.69) is 5.01 Å². The lowest BCUT2D eigenvalue weighted by Gasteiger charge is -2.28. The Hall–Kier alpha value is -1.51. The molecule has 0 N–H and O–H groups in total. The Balaban J connectivity index is 2.33. The van der Waals surface area contributed by atoms with Gasteiger partial charge in [0, 0.05) is 6.54 Å². The lowest BCUT2D eigenvalue weighted by atomic mass is 9.94. The van der Waals surface area contributed by atoms with Crippen molar-refractivity contribution in [1.82, 2.24) is 5.01 Å². The highest BCUT2D eigenvalue weighted by atomic mass is 16.2. The van der Waals surface area contributed by atoms with Gasteiger partial charge in [-0.15, -0.1) is 0 Å². The smallest absolute Gasteiger partial charge is 0.248 e. The Morgan fingerprint density at radius 2 is 1.88 bits per heavy atom. The van der Waals surface area contributed by atoms with Gasteiger partial charge in [-0.2, -0.15) is 0 Å². The molecule has 1 aliphatic heterocycles. The van der Waals surface area contributed by atoms with Crippen molar-refractivity contribution in [2.24, 2.45) is 5.41 Å². The fraction of sp³-hybridized carbons (Fsp3) is 0.462. The van der Waals surface area contributed by atoms with Gasteiger partial charge in [0.1, 0.15) is 0 Å². The van der Waals surface area contributed by atoms with Crippen molar-refractivity contribution in [2.75, 3.05) is 18.1 Å². The van der Waals surface area contributed by atoms with Gasteiger partial charge in [-0.3, -0.25) is 14.8 Å². The second-order valence-electron chi connectivity index (χ2n) is 4.80. The lowest BCUT2D eigenvalue weighted by Crippen LogP contribution is -2.39. The molecule has 1 saturated heterocycles. The molecule has 1 amide bonds. The van der Waals surface area contributed by atoms with E-state index < -0.39 is 0 Å². The van der Waals surface area contributed by atoms with Gasteiger partial charge in [0.25, 0.3) is 0 Å². The highest BCUT2D eigenvalue weighted by Gasteiger charge is 2.43. The number of para-hydroxylation sites is 1. The summed E-state index contributed by atoms with van der Waals surface area (Å²) in [5, 5.41) is 3.90. The van der Waals surface area contributed by atoms with Gasteiger partial charge in [0.15, 0.2) is 0 Å². The maximum Gasteiger partial charge on any atom is 0.248 e. The average molecular weight is 218 g/mol. The van der Waals surface area contributed by atoms with Crippen molar-refractivity contribution in [2.45, 2.75) is 20.8 Å². The van der Waals surface area contributed by atoms with Crippen LogP contribution in [0, 0.1) is 5.41 Å². The van der Waals surface area contributed by atoms with Crippen molar-refractivity contribution in [1.29, 1.82) is 0 Å². The Morgan fingerprint density at radius 1 is 1.25 bits per heavy atom. The van der Waals surface area contributed by atoms with Gasteiger partial charge in [-0.25, -0.2) is 0 Å². The number of carbonyl (C=O) groups is 1. The summed E-state index contributed by atoms with van der Waals surface area (Å²) in [6, 6.07) is 10.1. The molecule has 2 rings (SSSR count). The summed E-state index contributed by atoms with van der Waals surface area (Å²) < 4.78 is 0. The van der Waals surface area contributed by atoms with Crippen LogP contribution >= 0.6 is 0 Å². The van der Waals surface area contributed by atoms with Crippen molar-refractivity contribution in [3.05, 3.63) is 30.3 Å². The Morgan fingerprint density at radius 3 is 2.44 bits per heavy atom. The molecule has 1 aromatic carbocycles. The van der Waals surface area contributed by atoms with Crippen LogP contribution in [0.25, 0.3) is 0 Å². The minimum absolute atomic E-state index is 0.207. The zero-order valence-corrected chi connectivity index (χ0v) is 10.1. The number of hydrogen-bond acceptors (Lipinski definition) is 2. The highest BCUT2D eigenvalue weighted by molar-refractivity contribution is 5.87. The van der Waals surface area contributed by atoms with Crippen molar-refractivity contribution >= 4 is 11.6 Å². The minimum Gasteiger partial charge on any atom is -0.282 e. The Labute approximate surface area is 96.6 Å². The van der Waals surface area contributed by atoms with E-state index in [4.69, 9.17) is 0 Å². The summed E-state index contributed by atoms with van der Waals surface area (Å²) >= 11 is 0. The van der Waals surface area contributed by atoms with Gasteiger partial charge in [-0.05, 0) is 32.9 Å². The molecule has 0 aliphatic carbocycles. The molecule has 0 aromatic heterocycles. The molecule has 0 unspecified atom stereocenters. The molecule has 0 atom stereocenters. The van der Waals surface area contributed by atoms with E-state index in [0.29, 0.717) is 0 Å². The zero-order chi connectivity index (χ0) is 11.8. The van der Waals surface area contributed by atoms with Crippen LogP contribution in [0.4, 0.5) is 5.69 Å². The molecular weight excluding hydrogens is 200 g/mol. The third-order valence-corrected chi connectivity index (χ3v) is 3.00. The monoisotopic (exact) mass is 218 g/mol. The number of amides is 1. The largest absolute Gasteiger partial charge is 0.282 e. The second kappa shape index (κ2) is 3.81. The number of carbonyl (C=O) groups excluding carboxylic acids is 1. The summed E-state index contributed by atoms with van der Waals surface area (Å²) in [5.41, 5.74) is 0.801. The maximum atomic E-state index is 12.1. The SMILES string of the molecule is CCN1C(=O)C(C)(C)CN1c1ccccc1. The lowest BCUT2D eigenvalue weighted by molar-refractivity contribution is -0.134. The molecule has 0 saturated carbocycles. The number of hydrogen-bond donors (Lipinski definition) is 0. The van der Waals surface area contributed by atoms with Crippen LogP contribution in [0.1, 0.15) is 20.8 Å². The summed E-state index contributed by atoms with van der Waals surface area (Å²) in [6.45, 7) is 7.48. The molecule has 3 heteroatoms. The van der Waals surface area contributed by atoms with Crippen LogP contribution in [0.2, 0.25) is 0 Å². The van der Waals surface area contributed by atoms with Gasteiger partial charge < -0.3 is 0 Å². The van der Waals surface area contributed by atoms with Crippen LogP contribution in [0.3, 0.4) is 0 Å². The van der Waals surface area contributed by atoms with Crippen LogP contribution in [0.15, 0.2) is 30.3 Å². The quantitative estimate of drug-likeness (QED) is 0.760. The first-order valence-corrected chi connectivity index (χ1v) is 5.71. The van der Waals surface area contributed by atoms with Gasteiger partial charge in [0.05, 0.1) is 17.6 Å². The van der Waals surface area contributed by atoms with E-state index in [9.17, 15) is 4.79 Å². The first kappa shape index (κ1) is 11.0. The van der Waals surface area contributed by atoms with E-state index in [1.807, 2.05) is 56.1 Å². The predicted molar refractivity (Wildman–Crippen MR) is 65.0 cm³/mol. The normalized spacial score (nSPS) is 19.3. The van der Waals surface area contributed by atoms with E-state index in [0.717, 1.165) is 18.8 Å². The molecule has 1 aliphatic rings. The molecule has 0 radical (unpaired) electrons. The second-order valence-corrected chi connectivity index (χ2v) is 4.80. The standard InChI is InChI=1S/C13H18N2O/c1-4-14-12(16)13(2,3)10-15(14)11-8-6-5-7-9-11/h5-9H,4,10H2,1-3H3. The topological polar surface area (TPSA) is 23.6 Å². The predicted octanol–water partition coefficient (Wildman–Crippen LogP) is 2.30. The molecular formula is C13H18N2O. The molecule has 16 heavy (non-hydrogen) atoms. The third kappa shape index (κ3) is 1.66. The molecule has 86 valence electrons.